The van der Waals surface area contributed by atoms with Crippen LogP contribution in [-0.4, -0.2) is 16.6 Å². The first-order valence-electron chi connectivity index (χ1n) is 6.79. The van der Waals surface area contributed by atoms with Crippen LogP contribution in [0.15, 0.2) is 41.4 Å². The van der Waals surface area contributed by atoms with E-state index in [0.717, 1.165) is 4.90 Å². The summed E-state index contributed by atoms with van der Waals surface area (Å²) in [6, 6.07) is 9.77. The molecule has 0 fully saturated rings. The molecule has 3 nitrogen and oxygen atoms in total. The number of carbonyl (C=O) groups excluding carboxylic acids is 1. The van der Waals surface area contributed by atoms with Crippen LogP contribution in [-0.2, 0) is 4.79 Å². The molecule has 116 valence electrons. The summed E-state index contributed by atoms with van der Waals surface area (Å²) in [5.41, 5.74) is 1.28. The zero-order valence-electron chi connectivity index (χ0n) is 12.3. The summed E-state index contributed by atoms with van der Waals surface area (Å²) in [4.78, 5) is 17.0. The molecule has 1 aromatic carbocycles. The van der Waals surface area contributed by atoms with Crippen LogP contribution in [0.5, 0.6) is 0 Å². The molecule has 1 heterocycles. The van der Waals surface area contributed by atoms with Gasteiger partial charge in [0.25, 0.3) is 0 Å². The molecule has 1 N–H and O–H groups in total. The topological polar surface area (TPSA) is 42.0 Å². The van der Waals surface area contributed by atoms with E-state index in [1.54, 1.807) is 6.07 Å². The number of hydrogen-bond donors (Lipinski definition) is 1. The Morgan fingerprint density at radius 1 is 1.27 bits per heavy atom. The van der Waals surface area contributed by atoms with Gasteiger partial charge in [0.2, 0.25) is 5.91 Å². The van der Waals surface area contributed by atoms with Crippen molar-refractivity contribution in [1.29, 1.82) is 0 Å². The minimum Gasteiger partial charge on any atom is -0.309 e. The number of hydrogen-bond acceptors (Lipinski definition) is 3. The molecule has 1 aromatic heterocycles. The molecule has 0 unspecified atom stereocenters. The maximum absolute atomic E-state index is 11.9. The van der Waals surface area contributed by atoms with E-state index in [1.807, 2.05) is 12.1 Å². The maximum atomic E-state index is 11.9. The number of amides is 1. The Hall–Kier alpha value is -1.23. The van der Waals surface area contributed by atoms with Crippen molar-refractivity contribution in [2.45, 2.75) is 24.7 Å². The summed E-state index contributed by atoms with van der Waals surface area (Å²) >= 11 is 13.2. The Labute approximate surface area is 144 Å². The fourth-order valence-corrected chi connectivity index (χ4v) is 2.90. The molecule has 0 aliphatic rings. The van der Waals surface area contributed by atoms with Crippen LogP contribution in [0, 0.1) is 0 Å². The van der Waals surface area contributed by atoms with Crippen molar-refractivity contribution in [2.75, 3.05) is 11.1 Å². The number of benzene rings is 1. The van der Waals surface area contributed by atoms with E-state index in [9.17, 15) is 4.79 Å². The first kappa shape index (κ1) is 17.1. The van der Waals surface area contributed by atoms with Crippen LogP contribution in [0.4, 0.5) is 5.82 Å². The third-order valence-corrected chi connectivity index (χ3v) is 4.49. The molecule has 0 aliphatic heterocycles. The molecular weight excluding hydrogens is 339 g/mol. The van der Waals surface area contributed by atoms with Crippen LogP contribution >= 0.6 is 35.0 Å². The Balaban J connectivity index is 1.89. The van der Waals surface area contributed by atoms with Crippen LogP contribution in [0.1, 0.15) is 25.3 Å². The van der Waals surface area contributed by atoms with Crippen molar-refractivity contribution in [2.24, 2.45) is 0 Å². The van der Waals surface area contributed by atoms with Gasteiger partial charge in [0.15, 0.2) is 5.82 Å². The summed E-state index contributed by atoms with van der Waals surface area (Å²) < 4.78 is 0. The minimum atomic E-state index is -0.158. The molecule has 0 saturated carbocycles. The highest BCUT2D eigenvalue weighted by atomic mass is 35.5. The average molecular weight is 355 g/mol. The summed E-state index contributed by atoms with van der Waals surface area (Å²) in [6.07, 6.45) is 1.45. The Morgan fingerprint density at radius 3 is 2.55 bits per heavy atom. The van der Waals surface area contributed by atoms with Gasteiger partial charge in [-0.3, -0.25) is 4.79 Å². The summed E-state index contributed by atoms with van der Waals surface area (Å²) in [5, 5.41) is 3.43. The second kappa shape index (κ2) is 7.86. The average Bonchev–Trinajstić information content (AvgIpc) is 2.48. The van der Waals surface area contributed by atoms with Gasteiger partial charge in [0, 0.05) is 11.1 Å². The van der Waals surface area contributed by atoms with Gasteiger partial charge >= 0.3 is 0 Å². The van der Waals surface area contributed by atoms with E-state index in [2.05, 4.69) is 36.3 Å². The highest BCUT2D eigenvalue weighted by Crippen LogP contribution is 2.24. The number of carbonyl (C=O) groups is 1. The number of nitrogens with zero attached hydrogens (tertiary/aromatic N) is 1. The fourth-order valence-electron chi connectivity index (χ4n) is 1.77. The van der Waals surface area contributed by atoms with Gasteiger partial charge < -0.3 is 5.32 Å². The smallest absolute Gasteiger partial charge is 0.235 e. The van der Waals surface area contributed by atoms with Gasteiger partial charge in [0.1, 0.15) is 0 Å². The SMILES string of the molecule is CC(C)c1ccc(SCC(=O)Nc2ncc(Cl)cc2Cl)cc1. The fraction of sp³-hybridized carbons (Fsp3) is 0.250. The van der Waals surface area contributed by atoms with Gasteiger partial charge in [-0.2, -0.15) is 0 Å². The van der Waals surface area contributed by atoms with Crippen LogP contribution in [0.25, 0.3) is 0 Å². The maximum Gasteiger partial charge on any atom is 0.235 e. The molecule has 0 bridgehead atoms. The van der Waals surface area contributed by atoms with E-state index in [-0.39, 0.29) is 5.91 Å². The van der Waals surface area contributed by atoms with Crippen LogP contribution in [0.3, 0.4) is 0 Å². The molecule has 0 spiro atoms. The number of halogens is 2. The van der Waals surface area contributed by atoms with Crippen molar-refractivity contribution in [3.63, 3.8) is 0 Å². The molecule has 2 rings (SSSR count). The normalized spacial score (nSPS) is 10.8. The zero-order valence-corrected chi connectivity index (χ0v) is 14.6. The predicted octanol–water partition coefficient (Wildman–Crippen LogP) is 5.24. The Kier molecular flexibility index (Phi) is 6.12. The number of pyridine rings is 1. The highest BCUT2D eigenvalue weighted by molar-refractivity contribution is 8.00. The van der Waals surface area contributed by atoms with E-state index < -0.39 is 0 Å². The van der Waals surface area contributed by atoms with Crippen molar-refractivity contribution in [3.05, 3.63) is 52.1 Å². The quantitative estimate of drug-likeness (QED) is 0.746. The van der Waals surface area contributed by atoms with Crippen molar-refractivity contribution >= 4 is 46.7 Å². The lowest BCUT2D eigenvalue weighted by atomic mass is 10.0. The standard InChI is InChI=1S/C16H16Cl2N2OS/c1-10(2)11-3-5-13(6-4-11)22-9-15(21)20-16-14(18)7-12(17)8-19-16/h3-8,10H,9H2,1-2H3,(H,19,20,21). The number of thioether (sulfide) groups is 1. The van der Waals surface area contributed by atoms with Gasteiger partial charge in [-0.15, -0.1) is 11.8 Å². The first-order chi connectivity index (χ1) is 10.5. The monoisotopic (exact) mass is 354 g/mol. The van der Waals surface area contributed by atoms with Gasteiger partial charge in [0.05, 0.1) is 15.8 Å². The lowest BCUT2D eigenvalue weighted by Crippen LogP contribution is -2.15. The number of rotatable bonds is 5. The molecule has 6 heteroatoms. The molecule has 0 saturated heterocycles. The second-order valence-electron chi connectivity index (χ2n) is 5.04. The largest absolute Gasteiger partial charge is 0.309 e. The lowest BCUT2D eigenvalue weighted by Gasteiger charge is -2.08. The van der Waals surface area contributed by atoms with Gasteiger partial charge in [-0.1, -0.05) is 49.2 Å². The first-order valence-corrected chi connectivity index (χ1v) is 8.53. The van der Waals surface area contributed by atoms with E-state index in [1.165, 1.54) is 23.5 Å². The van der Waals surface area contributed by atoms with Crippen LogP contribution < -0.4 is 5.32 Å². The van der Waals surface area contributed by atoms with Crippen molar-refractivity contribution in [3.8, 4) is 0 Å². The van der Waals surface area contributed by atoms with Gasteiger partial charge in [-0.05, 0) is 29.7 Å². The Bertz CT molecular complexity index is 660. The number of aromatic nitrogens is 1. The van der Waals surface area contributed by atoms with Gasteiger partial charge in [-0.25, -0.2) is 4.98 Å². The van der Waals surface area contributed by atoms with Crippen molar-refractivity contribution in [1.82, 2.24) is 4.98 Å². The minimum absolute atomic E-state index is 0.158. The molecule has 1 amide bonds. The highest BCUT2D eigenvalue weighted by Gasteiger charge is 2.08. The second-order valence-corrected chi connectivity index (χ2v) is 6.94. The predicted molar refractivity (Wildman–Crippen MR) is 94.1 cm³/mol. The van der Waals surface area contributed by atoms with E-state index in [0.29, 0.717) is 27.5 Å². The molecule has 22 heavy (non-hydrogen) atoms. The van der Waals surface area contributed by atoms with Crippen molar-refractivity contribution < 1.29 is 4.79 Å². The molecule has 0 radical (unpaired) electrons. The molecule has 0 atom stereocenters. The van der Waals surface area contributed by atoms with Crippen LogP contribution in [0.2, 0.25) is 10.0 Å². The molecule has 2 aromatic rings. The third kappa shape index (κ3) is 4.90. The molecule has 0 aliphatic carbocycles. The number of nitrogens with one attached hydrogen (secondary N) is 1. The molecular formula is C16H16Cl2N2OS. The summed E-state index contributed by atoms with van der Waals surface area (Å²) in [6.45, 7) is 4.30. The third-order valence-electron chi connectivity index (χ3n) is 2.98. The Morgan fingerprint density at radius 2 is 1.95 bits per heavy atom. The summed E-state index contributed by atoms with van der Waals surface area (Å²) in [7, 11) is 0. The van der Waals surface area contributed by atoms with E-state index in [4.69, 9.17) is 23.2 Å². The summed E-state index contributed by atoms with van der Waals surface area (Å²) in [5.74, 6) is 0.962. The number of anilines is 1. The zero-order chi connectivity index (χ0) is 16.1. The van der Waals surface area contributed by atoms with E-state index >= 15 is 0 Å². The lowest BCUT2D eigenvalue weighted by molar-refractivity contribution is -0.113.